The van der Waals surface area contributed by atoms with Gasteiger partial charge in [0, 0.05) is 36.8 Å². The molecule has 1 saturated heterocycles. The predicted molar refractivity (Wildman–Crippen MR) is 81.3 cm³/mol. The zero-order valence-electron chi connectivity index (χ0n) is 11.7. The van der Waals surface area contributed by atoms with Crippen LogP contribution in [-0.4, -0.2) is 36.2 Å². The Labute approximate surface area is 123 Å². The number of carbonyl (C=O) groups excluding carboxylic acids is 1. The van der Waals surface area contributed by atoms with E-state index in [1.807, 2.05) is 11.6 Å². The van der Waals surface area contributed by atoms with Crippen molar-refractivity contribution in [1.82, 2.24) is 15.6 Å². The summed E-state index contributed by atoms with van der Waals surface area (Å²) < 4.78 is 0. The van der Waals surface area contributed by atoms with Crippen molar-refractivity contribution in [2.45, 2.75) is 50.6 Å². The van der Waals surface area contributed by atoms with E-state index in [4.69, 9.17) is 0 Å². The third-order valence-electron chi connectivity index (χ3n) is 4.23. The predicted octanol–water partition coefficient (Wildman–Crippen LogP) is 2.35. The van der Waals surface area contributed by atoms with Gasteiger partial charge in [0.15, 0.2) is 5.13 Å². The SMILES string of the molecule is O=C(NCC1CCCN1c1nccs1)NC1CCCC1. The first-order valence-electron chi connectivity index (χ1n) is 7.53. The van der Waals surface area contributed by atoms with Crippen molar-refractivity contribution < 1.29 is 4.79 Å². The minimum atomic E-state index is -0.0112. The standard InChI is InChI=1S/C14H22N4OS/c19-13(17-11-4-1-2-5-11)16-10-12-6-3-8-18(12)14-15-7-9-20-14/h7,9,11-12H,1-6,8,10H2,(H2,16,17,19). The summed E-state index contributed by atoms with van der Waals surface area (Å²) in [6.45, 7) is 1.75. The molecule has 0 spiro atoms. The summed E-state index contributed by atoms with van der Waals surface area (Å²) in [5, 5.41) is 9.18. The van der Waals surface area contributed by atoms with Gasteiger partial charge in [0.1, 0.15) is 0 Å². The minimum Gasteiger partial charge on any atom is -0.343 e. The Hall–Kier alpha value is -1.30. The largest absolute Gasteiger partial charge is 0.343 e. The zero-order chi connectivity index (χ0) is 13.8. The molecule has 2 amide bonds. The van der Waals surface area contributed by atoms with E-state index in [2.05, 4.69) is 20.5 Å². The Balaban J connectivity index is 1.46. The van der Waals surface area contributed by atoms with Gasteiger partial charge >= 0.3 is 6.03 Å². The van der Waals surface area contributed by atoms with Crippen molar-refractivity contribution >= 4 is 22.5 Å². The summed E-state index contributed by atoms with van der Waals surface area (Å²) in [6, 6.07) is 0.756. The Morgan fingerprint density at radius 3 is 2.95 bits per heavy atom. The van der Waals surface area contributed by atoms with Crippen LogP contribution in [0.5, 0.6) is 0 Å². The third-order valence-corrected chi connectivity index (χ3v) is 5.04. The second kappa shape index (κ2) is 6.43. The first kappa shape index (κ1) is 13.7. The van der Waals surface area contributed by atoms with Crippen LogP contribution in [0.1, 0.15) is 38.5 Å². The molecule has 2 N–H and O–H groups in total. The van der Waals surface area contributed by atoms with Crippen molar-refractivity contribution in [3.8, 4) is 0 Å². The lowest BCUT2D eigenvalue weighted by Crippen LogP contribution is -2.46. The molecule has 2 aliphatic rings. The summed E-state index contributed by atoms with van der Waals surface area (Å²) in [5.41, 5.74) is 0. The number of nitrogens with zero attached hydrogens (tertiary/aromatic N) is 2. The van der Waals surface area contributed by atoms with Gasteiger partial charge in [-0.2, -0.15) is 0 Å². The van der Waals surface area contributed by atoms with E-state index in [9.17, 15) is 4.79 Å². The summed E-state index contributed by atoms with van der Waals surface area (Å²) in [5.74, 6) is 0. The van der Waals surface area contributed by atoms with Crippen molar-refractivity contribution in [2.75, 3.05) is 18.0 Å². The van der Waals surface area contributed by atoms with Crippen molar-refractivity contribution in [2.24, 2.45) is 0 Å². The minimum absolute atomic E-state index is 0.0112. The van der Waals surface area contributed by atoms with Gasteiger partial charge in [0.05, 0.1) is 0 Å². The number of hydrogen-bond acceptors (Lipinski definition) is 4. The molecule has 1 saturated carbocycles. The maximum absolute atomic E-state index is 11.9. The Kier molecular flexibility index (Phi) is 4.40. The van der Waals surface area contributed by atoms with Gasteiger partial charge in [-0.25, -0.2) is 9.78 Å². The van der Waals surface area contributed by atoms with E-state index >= 15 is 0 Å². The molecule has 2 heterocycles. The van der Waals surface area contributed by atoms with E-state index in [0.717, 1.165) is 30.9 Å². The average Bonchev–Trinajstić information content (AvgIpc) is 3.18. The zero-order valence-corrected chi connectivity index (χ0v) is 12.5. The van der Waals surface area contributed by atoms with Crippen LogP contribution in [-0.2, 0) is 0 Å². The number of nitrogens with one attached hydrogen (secondary N) is 2. The van der Waals surface area contributed by atoms with Crippen LogP contribution in [0, 0.1) is 0 Å². The number of carbonyl (C=O) groups is 1. The molecule has 1 aromatic rings. The number of thiazole rings is 1. The summed E-state index contributed by atoms with van der Waals surface area (Å²) in [6.07, 6.45) is 8.88. The Bertz CT molecular complexity index is 430. The van der Waals surface area contributed by atoms with E-state index in [1.54, 1.807) is 11.3 Å². The summed E-state index contributed by atoms with van der Waals surface area (Å²) in [4.78, 5) is 18.6. The highest BCUT2D eigenvalue weighted by molar-refractivity contribution is 7.13. The molecule has 2 fully saturated rings. The Morgan fingerprint density at radius 2 is 2.20 bits per heavy atom. The van der Waals surface area contributed by atoms with Crippen LogP contribution in [0.4, 0.5) is 9.93 Å². The molecule has 1 unspecified atom stereocenters. The quantitative estimate of drug-likeness (QED) is 0.896. The van der Waals surface area contributed by atoms with Crippen molar-refractivity contribution in [3.05, 3.63) is 11.6 Å². The van der Waals surface area contributed by atoms with Crippen LogP contribution >= 0.6 is 11.3 Å². The first-order chi connectivity index (χ1) is 9.83. The van der Waals surface area contributed by atoms with Gasteiger partial charge in [0.25, 0.3) is 0 Å². The third kappa shape index (κ3) is 3.23. The van der Waals surface area contributed by atoms with Crippen LogP contribution < -0.4 is 15.5 Å². The van der Waals surface area contributed by atoms with Crippen LogP contribution in [0.15, 0.2) is 11.6 Å². The lowest BCUT2D eigenvalue weighted by molar-refractivity contribution is 0.236. The molecule has 20 heavy (non-hydrogen) atoms. The number of urea groups is 1. The lowest BCUT2D eigenvalue weighted by atomic mass is 10.2. The van der Waals surface area contributed by atoms with Crippen molar-refractivity contribution in [1.29, 1.82) is 0 Å². The van der Waals surface area contributed by atoms with E-state index in [-0.39, 0.29) is 6.03 Å². The topological polar surface area (TPSA) is 57.3 Å². The van der Waals surface area contributed by atoms with Crippen LogP contribution in [0.3, 0.4) is 0 Å². The molecular weight excluding hydrogens is 272 g/mol. The number of aromatic nitrogens is 1. The molecule has 3 rings (SSSR count). The lowest BCUT2D eigenvalue weighted by Gasteiger charge is -2.24. The second-order valence-corrected chi connectivity index (χ2v) is 6.51. The van der Waals surface area contributed by atoms with Crippen molar-refractivity contribution in [3.63, 3.8) is 0 Å². The normalized spacial score (nSPS) is 23.2. The van der Waals surface area contributed by atoms with Crippen LogP contribution in [0.2, 0.25) is 0 Å². The highest BCUT2D eigenvalue weighted by Gasteiger charge is 2.27. The fourth-order valence-electron chi connectivity index (χ4n) is 3.17. The number of hydrogen-bond donors (Lipinski definition) is 2. The highest BCUT2D eigenvalue weighted by atomic mass is 32.1. The molecule has 5 nitrogen and oxygen atoms in total. The first-order valence-corrected chi connectivity index (χ1v) is 8.41. The molecule has 1 atom stereocenters. The van der Waals surface area contributed by atoms with E-state index < -0.39 is 0 Å². The maximum Gasteiger partial charge on any atom is 0.315 e. The molecule has 6 heteroatoms. The monoisotopic (exact) mass is 294 g/mol. The summed E-state index contributed by atoms with van der Waals surface area (Å²) in [7, 11) is 0. The smallest absolute Gasteiger partial charge is 0.315 e. The van der Waals surface area contributed by atoms with Gasteiger partial charge in [-0.15, -0.1) is 11.3 Å². The molecule has 0 radical (unpaired) electrons. The van der Waals surface area contributed by atoms with Gasteiger partial charge in [-0.3, -0.25) is 0 Å². The summed E-state index contributed by atoms with van der Waals surface area (Å²) >= 11 is 1.67. The fourth-order valence-corrected chi connectivity index (χ4v) is 3.92. The van der Waals surface area contributed by atoms with Gasteiger partial charge in [-0.1, -0.05) is 12.8 Å². The average molecular weight is 294 g/mol. The number of amides is 2. The molecule has 1 aliphatic heterocycles. The maximum atomic E-state index is 11.9. The molecular formula is C14H22N4OS. The second-order valence-electron chi connectivity index (χ2n) is 5.64. The van der Waals surface area contributed by atoms with Gasteiger partial charge in [-0.05, 0) is 25.7 Å². The Morgan fingerprint density at radius 1 is 1.35 bits per heavy atom. The number of anilines is 1. The molecule has 1 aliphatic carbocycles. The molecule has 110 valence electrons. The van der Waals surface area contributed by atoms with E-state index in [0.29, 0.717) is 18.6 Å². The molecule has 0 aromatic carbocycles. The number of rotatable bonds is 4. The van der Waals surface area contributed by atoms with E-state index in [1.165, 1.54) is 19.3 Å². The molecule has 1 aromatic heterocycles. The van der Waals surface area contributed by atoms with Gasteiger partial charge < -0.3 is 15.5 Å². The molecule has 0 bridgehead atoms. The highest BCUT2D eigenvalue weighted by Crippen LogP contribution is 2.26. The van der Waals surface area contributed by atoms with Crippen LogP contribution in [0.25, 0.3) is 0 Å². The fraction of sp³-hybridized carbons (Fsp3) is 0.714. The van der Waals surface area contributed by atoms with Gasteiger partial charge in [0.2, 0.25) is 0 Å².